The Morgan fingerprint density at radius 2 is 2.00 bits per heavy atom. The van der Waals surface area contributed by atoms with Crippen molar-refractivity contribution < 1.29 is 9.47 Å². The van der Waals surface area contributed by atoms with Gasteiger partial charge in [-0.2, -0.15) is 0 Å². The molecule has 1 aliphatic heterocycles. The summed E-state index contributed by atoms with van der Waals surface area (Å²) in [5, 5.41) is 0.538. The summed E-state index contributed by atoms with van der Waals surface area (Å²) >= 11 is 6.47. The second-order valence-corrected chi connectivity index (χ2v) is 8.51. The summed E-state index contributed by atoms with van der Waals surface area (Å²) < 4.78 is 13.0. The SMILES string of the molecule is COCCCOc1cc2c(cc1Cl)-c1cc(=O)c(N)cn1C(C(C)(C)C)C2. The van der Waals surface area contributed by atoms with Crippen LogP contribution in [0.15, 0.2) is 29.2 Å². The van der Waals surface area contributed by atoms with Gasteiger partial charge in [0.05, 0.1) is 23.0 Å². The van der Waals surface area contributed by atoms with Crippen molar-refractivity contribution >= 4 is 17.3 Å². The Kier molecular flexibility index (Phi) is 5.54. The number of ether oxygens (including phenoxy) is 2. The number of aromatic nitrogens is 1. The Morgan fingerprint density at radius 3 is 2.67 bits per heavy atom. The van der Waals surface area contributed by atoms with Crippen molar-refractivity contribution in [1.29, 1.82) is 0 Å². The van der Waals surface area contributed by atoms with Crippen molar-refractivity contribution in [3.8, 4) is 17.0 Å². The molecule has 2 N–H and O–H groups in total. The zero-order chi connectivity index (χ0) is 19.8. The maximum atomic E-state index is 12.2. The predicted molar refractivity (Wildman–Crippen MR) is 110 cm³/mol. The van der Waals surface area contributed by atoms with Gasteiger partial charge in [-0.3, -0.25) is 4.79 Å². The van der Waals surface area contributed by atoms with E-state index in [4.69, 9.17) is 26.8 Å². The van der Waals surface area contributed by atoms with Crippen LogP contribution in [0.2, 0.25) is 5.02 Å². The lowest BCUT2D eigenvalue weighted by Gasteiger charge is -2.39. The number of hydrogen-bond donors (Lipinski definition) is 1. The molecule has 1 aliphatic rings. The van der Waals surface area contributed by atoms with E-state index < -0.39 is 0 Å². The van der Waals surface area contributed by atoms with E-state index in [0.29, 0.717) is 24.0 Å². The molecule has 0 saturated heterocycles. The minimum Gasteiger partial charge on any atom is -0.492 e. The van der Waals surface area contributed by atoms with Crippen LogP contribution in [0.4, 0.5) is 5.69 Å². The number of hydrogen-bond acceptors (Lipinski definition) is 4. The third-order valence-corrected chi connectivity index (χ3v) is 5.34. The van der Waals surface area contributed by atoms with Gasteiger partial charge in [-0.1, -0.05) is 32.4 Å². The maximum absolute atomic E-state index is 12.2. The van der Waals surface area contributed by atoms with E-state index in [0.717, 1.165) is 29.7 Å². The van der Waals surface area contributed by atoms with Gasteiger partial charge < -0.3 is 19.8 Å². The van der Waals surface area contributed by atoms with Crippen molar-refractivity contribution in [3.05, 3.63) is 45.2 Å². The standard InChI is InChI=1S/C21H27ClN2O3/c1-21(2,3)20-9-13-8-19(27-7-5-6-26-4)15(22)10-14(13)17-11-18(25)16(23)12-24(17)20/h8,10-12,20H,5-7,9,23H2,1-4H3. The van der Waals surface area contributed by atoms with Crippen LogP contribution in [0, 0.1) is 5.41 Å². The highest BCUT2D eigenvalue weighted by Crippen LogP contribution is 2.45. The van der Waals surface area contributed by atoms with Crippen molar-refractivity contribution in [2.45, 2.75) is 39.7 Å². The lowest BCUT2D eigenvalue weighted by atomic mass is 9.79. The largest absolute Gasteiger partial charge is 0.492 e. The molecule has 0 bridgehead atoms. The van der Waals surface area contributed by atoms with Crippen LogP contribution in [0.3, 0.4) is 0 Å². The Bertz CT molecular complexity index is 900. The molecular formula is C21H27ClN2O3. The van der Waals surface area contributed by atoms with Crippen molar-refractivity contribution in [3.63, 3.8) is 0 Å². The van der Waals surface area contributed by atoms with Crippen LogP contribution in [-0.4, -0.2) is 24.9 Å². The first-order valence-corrected chi connectivity index (χ1v) is 9.56. The van der Waals surface area contributed by atoms with Gasteiger partial charge in [-0.25, -0.2) is 0 Å². The van der Waals surface area contributed by atoms with Gasteiger partial charge in [0, 0.05) is 44.0 Å². The average Bonchev–Trinajstić information content (AvgIpc) is 2.59. The van der Waals surface area contributed by atoms with Gasteiger partial charge in [0.1, 0.15) is 5.75 Å². The molecule has 3 rings (SSSR count). The van der Waals surface area contributed by atoms with E-state index in [1.807, 2.05) is 12.1 Å². The molecule has 0 fully saturated rings. The molecule has 6 heteroatoms. The number of nitrogens with zero attached hydrogens (tertiary/aromatic N) is 1. The number of nitrogens with two attached hydrogens (primary N) is 1. The minimum atomic E-state index is -0.169. The van der Waals surface area contributed by atoms with Gasteiger partial charge in [0.15, 0.2) is 0 Å². The molecule has 1 unspecified atom stereocenters. The molecule has 0 aliphatic carbocycles. The molecule has 0 saturated carbocycles. The first-order chi connectivity index (χ1) is 12.7. The van der Waals surface area contributed by atoms with Gasteiger partial charge in [0.2, 0.25) is 5.43 Å². The van der Waals surface area contributed by atoms with E-state index in [-0.39, 0.29) is 22.6 Å². The molecule has 2 heterocycles. The molecule has 1 aromatic carbocycles. The summed E-state index contributed by atoms with van der Waals surface area (Å²) in [7, 11) is 1.67. The number of nitrogen functional groups attached to an aromatic ring is 1. The summed E-state index contributed by atoms with van der Waals surface area (Å²) in [6.07, 6.45) is 3.38. The molecule has 27 heavy (non-hydrogen) atoms. The zero-order valence-corrected chi connectivity index (χ0v) is 17.1. The summed E-state index contributed by atoms with van der Waals surface area (Å²) in [6, 6.07) is 5.68. The number of anilines is 1. The van der Waals surface area contributed by atoms with Crippen molar-refractivity contribution in [1.82, 2.24) is 4.57 Å². The summed E-state index contributed by atoms with van der Waals surface area (Å²) in [6.45, 7) is 7.77. The van der Waals surface area contributed by atoms with Crippen LogP contribution in [0.1, 0.15) is 38.8 Å². The second kappa shape index (κ2) is 7.56. The van der Waals surface area contributed by atoms with E-state index in [2.05, 4.69) is 25.3 Å². The van der Waals surface area contributed by atoms with E-state index >= 15 is 0 Å². The van der Waals surface area contributed by atoms with Gasteiger partial charge in [-0.05, 0) is 29.5 Å². The Morgan fingerprint density at radius 1 is 1.26 bits per heavy atom. The van der Waals surface area contributed by atoms with Gasteiger partial charge in [-0.15, -0.1) is 0 Å². The third-order valence-electron chi connectivity index (χ3n) is 5.04. The molecule has 1 aromatic heterocycles. The number of halogens is 1. The lowest BCUT2D eigenvalue weighted by molar-refractivity contribution is 0.172. The van der Waals surface area contributed by atoms with Crippen molar-refractivity contribution in [2.75, 3.05) is 26.1 Å². The third kappa shape index (κ3) is 3.99. The topological polar surface area (TPSA) is 66.5 Å². The fourth-order valence-corrected chi connectivity index (χ4v) is 3.79. The Hall–Kier alpha value is -1.98. The lowest BCUT2D eigenvalue weighted by Crippen LogP contribution is -2.32. The highest BCUT2D eigenvalue weighted by Gasteiger charge is 2.33. The summed E-state index contributed by atoms with van der Waals surface area (Å²) in [4.78, 5) is 12.2. The highest BCUT2D eigenvalue weighted by molar-refractivity contribution is 6.32. The normalized spacial score (nSPS) is 16.0. The minimum absolute atomic E-state index is 0.00688. The van der Waals surface area contributed by atoms with Crippen LogP contribution in [0.5, 0.6) is 5.75 Å². The monoisotopic (exact) mass is 390 g/mol. The number of fused-ring (bicyclic) bond motifs is 3. The molecule has 0 amide bonds. The molecule has 0 spiro atoms. The molecular weight excluding hydrogens is 364 g/mol. The summed E-state index contributed by atoms with van der Waals surface area (Å²) in [5.41, 5.74) is 8.94. The number of pyridine rings is 1. The van der Waals surface area contributed by atoms with Crippen LogP contribution in [-0.2, 0) is 11.2 Å². The van der Waals surface area contributed by atoms with E-state index in [1.54, 1.807) is 19.4 Å². The highest BCUT2D eigenvalue weighted by atomic mass is 35.5. The number of methoxy groups -OCH3 is 1. The Labute approximate surface area is 165 Å². The second-order valence-electron chi connectivity index (χ2n) is 8.11. The molecule has 146 valence electrons. The first-order valence-electron chi connectivity index (χ1n) is 9.18. The fourth-order valence-electron chi connectivity index (χ4n) is 3.57. The zero-order valence-electron chi connectivity index (χ0n) is 16.3. The predicted octanol–water partition coefficient (Wildman–Crippen LogP) is 4.31. The number of benzene rings is 1. The van der Waals surface area contributed by atoms with Crippen LogP contribution < -0.4 is 15.9 Å². The molecule has 2 aromatic rings. The Balaban J connectivity index is 2.06. The van der Waals surface area contributed by atoms with E-state index in [9.17, 15) is 4.79 Å². The number of rotatable bonds is 5. The maximum Gasteiger partial charge on any atom is 0.205 e. The molecule has 1 atom stereocenters. The fraction of sp³-hybridized carbons (Fsp3) is 0.476. The van der Waals surface area contributed by atoms with Crippen LogP contribution in [0.25, 0.3) is 11.3 Å². The average molecular weight is 391 g/mol. The quantitative estimate of drug-likeness (QED) is 0.772. The van der Waals surface area contributed by atoms with Crippen LogP contribution >= 0.6 is 11.6 Å². The molecule has 0 radical (unpaired) electrons. The van der Waals surface area contributed by atoms with Gasteiger partial charge >= 0.3 is 0 Å². The van der Waals surface area contributed by atoms with Crippen molar-refractivity contribution in [2.24, 2.45) is 5.41 Å². The smallest absolute Gasteiger partial charge is 0.205 e. The first kappa shape index (κ1) is 19.8. The van der Waals surface area contributed by atoms with E-state index in [1.165, 1.54) is 0 Å². The summed E-state index contributed by atoms with van der Waals surface area (Å²) in [5.74, 6) is 0.672. The molecule has 5 nitrogen and oxygen atoms in total. The van der Waals surface area contributed by atoms with Gasteiger partial charge in [0.25, 0.3) is 0 Å².